The normalized spacial score (nSPS) is 12.5. The molecule has 8 nitrogen and oxygen atoms in total. The lowest BCUT2D eigenvalue weighted by Gasteiger charge is -2.27. The molecule has 3 aromatic rings. The summed E-state index contributed by atoms with van der Waals surface area (Å²) in [6.45, 7) is 1.43. The molecule has 0 bridgehead atoms. The van der Waals surface area contributed by atoms with Gasteiger partial charge in [-0.1, -0.05) is 34.1 Å². The second-order valence-electron chi connectivity index (χ2n) is 7.50. The zero-order valence-electron chi connectivity index (χ0n) is 18.9. The highest BCUT2D eigenvalue weighted by molar-refractivity contribution is 9.11. The average Bonchev–Trinajstić information content (AvgIpc) is 2.83. The number of aromatic hydroxyl groups is 1. The third-order valence-electron chi connectivity index (χ3n) is 4.88. The highest BCUT2D eigenvalue weighted by atomic mass is 79.9. The lowest BCUT2D eigenvalue weighted by molar-refractivity contribution is -0.131. The van der Waals surface area contributed by atoms with Crippen LogP contribution in [0.4, 0.5) is 10.5 Å². The van der Waals surface area contributed by atoms with Crippen LogP contribution in [0.1, 0.15) is 28.9 Å². The van der Waals surface area contributed by atoms with Crippen molar-refractivity contribution in [1.29, 1.82) is 0 Å². The first-order valence-electron chi connectivity index (χ1n) is 10.5. The molecule has 0 radical (unpaired) electrons. The fraction of sp³-hybridized carbons (Fsp3) is 0.115. The molecule has 36 heavy (non-hydrogen) atoms. The van der Waals surface area contributed by atoms with Gasteiger partial charge in [-0.15, -0.1) is 0 Å². The molecule has 3 rings (SSSR count). The van der Waals surface area contributed by atoms with E-state index in [0.29, 0.717) is 25.9 Å². The molecule has 0 saturated carbocycles. The Morgan fingerprint density at radius 3 is 2.28 bits per heavy atom. The van der Waals surface area contributed by atoms with Crippen LogP contribution in [-0.4, -0.2) is 34.2 Å². The van der Waals surface area contributed by atoms with Gasteiger partial charge < -0.3 is 19.7 Å². The van der Waals surface area contributed by atoms with Gasteiger partial charge in [-0.2, -0.15) is 0 Å². The number of Topliss-reactive ketones (excluding diaryl/α,β-unsaturated/α-hetero) is 1. The molecule has 0 spiro atoms. The maximum absolute atomic E-state index is 12.9. The Bertz CT molecular complexity index is 1280. The first-order chi connectivity index (χ1) is 17.1. The van der Waals surface area contributed by atoms with Gasteiger partial charge in [0, 0.05) is 27.4 Å². The van der Waals surface area contributed by atoms with E-state index in [4.69, 9.17) is 9.47 Å². The number of nitrogens with one attached hydrogen (secondary N) is 1. The van der Waals surface area contributed by atoms with Crippen molar-refractivity contribution in [1.82, 2.24) is 0 Å². The van der Waals surface area contributed by atoms with Crippen molar-refractivity contribution in [3.8, 4) is 11.5 Å². The van der Waals surface area contributed by atoms with Gasteiger partial charge in [-0.05, 0) is 77.5 Å². The number of hydrogen-bond acceptors (Lipinski definition) is 6. The Balaban J connectivity index is 1.98. The van der Waals surface area contributed by atoms with E-state index in [-0.39, 0.29) is 17.1 Å². The van der Waals surface area contributed by atoms with Crippen LogP contribution in [0, 0.1) is 0 Å². The first kappa shape index (κ1) is 27.0. The number of phenols is 1. The summed E-state index contributed by atoms with van der Waals surface area (Å²) >= 11 is 6.62. The highest BCUT2D eigenvalue weighted by Crippen LogP contribution is 2.39. The summed E-state index contributed by atoms with van der Waals surface area (Å²) < 4.78 is 12.5. The number of ether oxygens (including phenoxy) is 2. The summed E-state index contributed by atoms with van der Waals surface area (Å²) in [4.78, 5) is 35.7. The van der Waals surface area contributed by atoms with Crippen molar-refractivity contribution >= 4 is 55.4 Å². The number of hydrogen-bond donors (Lipinski definition) is 3. The van der Waals surface area contributed by atoms with Crippen molar-refractivity contribution < 1.29 is 34.1 Å². The van der Waals surface area contributed by atoms with Crippen LogP contribution in [0.5, 0.6) is 11.5 Å². The summed E-state index contributed by atoms with van der Waals surface area (Å²) in [5.74, 6) is -1.18. The molecule has 0 saturated heterocycles. The first-order valence-corrected chi connectivity index (χ1v) is 12.1. The molecule has 0 aliphatic heterocycles. The summed E-state index contributed by atoms with van der Waals surface area (Å²) in [6.07, 6.45) is -1.21. The molecule has 0 fully saturated rings. The Hall–Kier alpha value is -3.63. The molecule has 2 atom stereocenters. The largest absolute Gasteiger partial charge is 0.506 e. The summed E-state index contributed by atoms with van der Waals surface area (Å²) in [5, 5.41) is 22.5. The van der Waals surface area contributed by atoms with E-state index in [0.717, 1.165) is 6.08 Å². The van der Waals surface area contributed by atoms with E-state index in [1.807, 2.05) is 0 Å². The number of anilines is 1. The van der Waals surface area contributed by atoms with Crippen molar-refractivity contribution in [2.45, 2.75) is 19.1 Å². The Morgan fingerprint density at radius 2 is 1.67 bits per heavy atom. The summed E-state index contributed by atoms with van der Waals surface area (Å²) in [6, 6.07) is 17.9. The minimum absolute atomic E-state index is 0.119. The minimum Gasteiger partial charge on any atom is -0.506 e. The number of rotatable bonds is 9. The van der Waals surface area contributed by atoms with Gasteiger partial charge in [0.2, 0.25) is 0 Å². The SMILES string of the molecule is CC(=O)c1ccc(NC(=O)O[C@H](c2cc(Br)cc(Br)c2O)[C@@H](/C=C/C(=O)O)Oc2ccccc2)cc1. The fourth-order valence-corrected chi connectivity index (χ4v) is 4.45. The minimum atomic E-state index is -1.27. The van der Waals surface area contributed by atoms with E-state index in [1.54, 1.807) is 60.7 Å². The van der Waals surface area contributed by atoms with Crippen LogP contribution in [0.2, 0.25) is 0 Å². The number of carbonyl (C=O) groups is 3. The van der Waals surface area contributed by atoms with Crippen LogP contribution in [0.15, 0.2) is 87.8 Å². The monoisotopic (exact) mass is 617 g/mol. The van der Waals surface area contributed by atoms with Crippen molar-refractivity contribution in [3.05, 3.63) is 99.0 Å². The number of halogens is 2. The molecule has 10 heteroatoms. The number of carboxylic acids is 1. The van der Waals surface area contributed by atoms with Crippen LogP contribution in [0.3, 0.4) is 0 Å². The zero-order valence-corrected chi connectivity index (χ0v) is 22.0. The van der Waals surface area contributed by atoms with Gasteiger partial charge in [-0.3, -0.25) is 10.1 Å². The van der Waals surface area contributed by atoms with Gasteiger partial charge in [0.1, 0.15) is 11.5 Å². The Kier molecular flexibility index (Phi) is 9.26. The number of para-hydroxylation sites is 1. The quantitative estimate of drug-likeness (QED) is 0.185. The van der Waals surface area contributed by atoms with E-state index >= 15 is 0 Å². The van der Waals surface area contributed by atoms with Crippen LogP contribution in [-0.2, 0) is 9.53 Å². The van der Waals surface area contributed by atoms with Crippen molar-refractivity contribution in [3.63, 3.8) is 0 Å². The Morgan fingerprint density at radius 1 is 1.00 bits per heavy atom. The predicted molar refractivity (Wildman–Crippen MR) is 140 cm³/mol. The predicted octanol–water partition coefficient (Wildman–Crippen LogP) is 6.50. The molecule has 0 aliphatic carbocycles. The number of ketones is 1. The lowest BCUT2D eigenvalue weighted by Crippen LogP contribution is -2.30. The zero-order chi connectivity index (χ0) is 26.2. The second kappa shape index (κ2) is 12.4. The van der Waals surface area contributed by atoms with Gasteiger partial charge in [0.15, 0.2) is 18.0 Å². The molecule has 0 heterocycles. The summed E-state index contributed by atoms with van der Waals surface area (Å²) in [5.41, 5.74) is 1.00. The molecule has 0 aromatic heterocycles. The fourth-order valence-electron chi connectivity index (χ4n) is 3.20. The lowest BCUT2D eigenvalue weighted by atomic mass is 10.0. The molecule has 186 valence electrons. The number of benzene rings is 3. The third kappa shape index (κ3) is 7.43. The maximum atomic E-state index is 12.9. The third-order valence-corrected chi connectivity index (χ3v) is 5.94. The number of phenolic OH excluding ortho intramolecular Hbond substituents is 1. The van der Waals surface area contributed by atoms with Crippen LogP contribution in [0.25, 0.3) is 0 Å². The molecule has 1 amide bonds. The molecule has 3 N–H and O–H groups in total. The van der Waals surface area contributed by atoms with Gasteiger partial charge in [0.05, 0.1) is 4.47 Å². The molecular formula is C26H21Br2NO7. The van der Waals surface area contributed by atoms with E-state index in [9.17, 15) is 24.6 Å². The topological polar surface area (TPSA) is 122 Å². The van der Waals surface area contributed by atoms with Crippen LogP contribution < -0.4 is 10.1 Å². The van der Waals surface area contributed by atoms with Gasteiger partial charge >= 0.3 is 12.1 Å². The van der Waals surface area contributed by atoms with E-state index < -0.39 is 24.3 Å². The van der Waals surface area contributed by atoms with E-state index in [2.05, 4.69) is 37.2 Å². The van der Waals surface area contributed by atoms with Gasteiger partial charge in [0.25, 0.3) is 0 Å². The second-order valence-corrected chi connectivity index (χ2v) is 9.27. The standard InChI is InChI=1S/C26H21Br2NO7/c1-15(30)16-7-9-18(10-8-16)29-26(34)36-25(20-13-17(27)14-21(28)24(20)33)22(11-12-23(31)32)35-19-5-3-2-4-6-19/h2-14,22,25,33H,1H3,(H,29,34)(H,31,32)/b12-11+/t22-,25-/m1/s1. The Labute approximate surface area is 223 Å². The van der Waals surface area contributed by atoms with Crippen LogP contribution >= 0.6 is 31.9 Å². The molecule has 0 unspecified atom stereocenters. The van der Waals surface area contributed by atoms with Crippen molar-refractivity contribution in [2.75, 3.05) is 5.32 Å². The highest BCUT2D eigenvalue weighted by Gasteiger charge is 2.31. The van der Waals surface area contributed by atoms with Gasteiger partial charge in [-0.25, -0.2) is 9.59 Å². The smallest absolute Gasteiger partial charge is 0.412 e. The number of carboxylic acid groups (broad SMARTS) is 1. The van der Waals surface area contributed by atoms with E-state index in [1.165, 1.54) is 19.1 Å². The molecule has 0 aliphatic rings. The number of aliphatic carboxylic acids is 1. The van der Waals surface area contributed by atoms with Crippen molar-refractivity contribution in [2.24, 2.45) is 0 Å². The summed E-state index contributed by atoms with van der Waals surface area (Å²) in [7, 11) is 0. The number of amides is 1. The maximum Gasteiger partial charge on any atom is 0.412 e. The number of carbonyl (C=O) groups excluding carboxylic acids is 2. The average molecular weight is 619 g/mol. The molecule has 3 aromatic carbocycles. The molecular weight excluding hydrogens is 598 g/mol.